The number of alkyl halides is 2. The molecular formula is C12H18F2N4O2S. The second-order valence-corrected chi connectivity index (χ2v) is 6.06. The standard InChI is InChI=1S/C12H18F2N4O2S/c1-7(2)8(11(19)18-3-5-20-6-4-18)15-12-17-16-10(21-12)9(13)14/h7-9H,3-6H2,1-2H3,(H,15,17)/t8-/m1/s1. The third-order valence-electron chi connectivity index (χ3n) is 3.16. The fourth-order valence-corrected chi connectivity index (χ4v) is 2.64. The Morgan fingerprint density at radius 3 is 2.52 bits per heavy atom. The number of hydrogen-bond donors (Lipinski definition) is 1. The normalized spacial score (nSPS) is 17.3. The Balaban J connectivity index is 2.05. The lowest BCUT2D eigenvalue weighted by molar-refractivity contribution is -0.137. The molecule has 0 saturated carbocycles. The summed E-state index contributed by atoms with van der Waals surface area (Å²) < 4.78 is 30.3. The smallest absolute Gasteiger partial charge is 0.291 e. The summed E-state index contributed by atoms with van der Waals surface area (Å²) in [6.45, 7) is 5.91. The van der Waals surface area contributed by atoms with Crippen LogP contribution in [0.1, 0.15) is 25.3 Å². The number of anilines is 1. The van der Waals surface area contributed by atoms with E-state index in [2.05, 4.69) is 15.5 Å². The molecule has 0 unspecified atom stereocenters. The van der Waals surface area contributed by atoms with E-state index in [0.29, 0.717) is 26.3 Å². The molecule has 0 bridgehead atoms. The van der Waals surface area contributed by atoms with Gasteiger partial charge < -0.3 is 15.0 Å². The number of aromatic nitrogens is 2. The number of carbonyl (C=O) groups excluding carboxylic acids is 1. The number of ether oxygens (including phenoxy) is 1. The van der Waals surface area contributed by atoms with Gasteiger partial charge in [-0.15, -0.1) is 10.2 Å². The first-order valence-electron chi connectivity index (χ1n) is 6.73. The van der Waals surface area contributed by atoms with Crippen molar-refractivity contribution in [1.82, 2.24) is 15.1 Å². The van der Waals surface area contributed by atoms with Gasteiger partial charge in [0.1, 0.15) is 6.04 Å². The molecule has 1 saturated heterocycles. The molecule has 2 rings (SSSR count). The van der Waals surface area contributed by atoms with Gasteiger partial charge in [-0.05, 0) is 5.92 Å². The van der Waals surface area contributed by atoms with Gasteiger partial charge in [-0.25, -0.2) is 8.78 Å². The fourth-order valence-electron chi connectivity index (χ4n) is 2.01. The molecule has 0 radical (unpaired) electrons. The zero-order valence-corrected chi connectivity index (χ0v) is 12.7. The molecule has 1 aliphatic rings. The zero-order chi connectivity index (χ0) is 15.4. The molecule has 0 spiro atoms. The van der Waals surface area contributed by atoms with Crippen molar-refractivity contribution in [3.8, 4) is 0 Å². The summed E-state index contributed by atoms with van der Waals surface area (Å²) in [7, 11) is 0. The Bertz CT molecular complexity index is 478. The van der Waals surface area contributed by atoms with E-state index in [1.165, 1.54) is 0 Å². The molecule has 1 aromatic rings. The summed E-state index contributed by atoms with van der Waals surface area (Å²) in [5.74, 6) is -0.0682. The molecule has 6 nitrogen and oxygen atoms in total. The van der Waals surface area contributed by atoms with Crippen LogP contribution in [-0.4, -0.2) is 53.3 Å². The van der Waals surface area contributed by atoms with Gasteiger partial charge in [-0.3, -0.25) is 4.79 Å². The second kappa shape index (κ2) is 7.08. The molecule has 1 N–H and O–H groups in total. The second-order valence-electron chi connectivity index (χ2n) is 5.05. The van der Waals surface area contributed by atoms with Gasteiger partial charge >= 0.3 is 0 Å². The van der Waals surface area contributed by atoms with Gasteiger partial charge in [-0.2, -0.15) is 0 Å². The summed E-state index contributed by atoms with van der Waals surface area (Å²) in [6, 6.07) is -0.512. The van der Waals surface area contributed by atoms with Crippen LogP contribution < -0.4 is 5.32 Å². The van der Waals surface area contributed by atoms with E-state index < -0.39 is 12.5 Å². The van der Waals surface area contributed by atoms with Crippen molar-refractivity contribution >= 4 is 22.4 Å². The van der Waals surface area contributed by atoms with Crippen LogP contribution >= 0.6 is 11.3 Å². The Morgan fingerprint density at radius 2 is 2.00 bits per heavy atom. The minimum absolute atomic E-state index is 0.000699. The molecule has 0 aliphatic carbocycles. The Morgan fingerprint density at radius 1 is 1.33 bits per heavy atom. The monoisotopic (exact) mass is 320 g/mol. The first kappa shape index (κ1) is 16.0. The van der Waals surface area contributed by atoms with E-state index in [1.54, 1.807) is 4.90 Å². The van der Waals surface area contributed by atoms with Crippen molar-refractivity contribution in [3.63, 3.8) is 0 Å². The average molecular weight is 320 g/mol. The predicted octanol–water partition coefficient (Wildman–Crippen LogP) is 1.77. The molecule has 9 heteroatoms. The Kier molecular flexibility index (Phi) is 5.40. The van der Waals surface area contributed by atoms with Crippen LogP contribution in [0.25, 0.3) is 0 Å². The van der Waals surface area contributed by atoms with Crippen molar-refractivity contribution in [1.29, 1.82) is 0 Å². The number of halogens is 2. The van der Waals surface area contributed by atoms with Crippen molar-refractivity contribution in [3.05, 3.63) is 5.01 Å². The maximum Gasteiger partial charge on any atom is 0.291 e. The molecule has 2 heterocycles. The lowest BCUT2D eigenvalue weighted by atomic mass is 10.0. The van der Waals surface area contributed by atoms with E-state index in [-0.39, 0.29) is 22.0 Å². The van der Waals surface area contributed by atoms with E-state index in [9.17, 15) is 13.6 Å². The highest BCUT2D eigenvalue weighted by Gasteiger charge is 2.29. The van der Waals surface area contributed by atoms with E-state index in [1.807, 2.05) is 13.8 Å². The van der Waals surface area contributed by atoms with Crippen molar-refractivity contribution < 1.29 is 18.3 Å². The van der Waals surface area contributed by atoms with Crippen LogP contribution in [0.3, 0.4) is 0 Å². The zero-order valence-electron chi connectivity index (χ0n) is 11.9. The summed E-state index contributed by atoms with van der Waals surface area (Å²) in [4.78, 5) is 14.2. The number of rotatable bonds is 5. The third kappa shape index (κ3) is 4.07. The van der Waals surface area contributed by atoms with Crippen molar-refractivity contribution in [2.24, 2.45) is 5.92 Å². The largest absolute Gasteiger partial charge is 0.378 e. The van der Waals surface area contributed by atoms with E-state index in [4.69, 9.17) is 4.74 Å². The van der Waals surface area contributed by atoms with Gasteiger partial charge in [0.2, 0.25) is 11.0 Å². The fraction of sp³-hybridized carbons (Fsp3) is 0.750. The number of amides is 1. The quantitative estimate of drug-likeness (QED) is 0.895. The highest BCUT2D eigenvalue weighted by molar-refractivity contribution is 7.15. The van der Waals surface area contributed by atoms with Crippen LogP contribution in [0.15, 0.2) is 0 Å². The number of carbonyl (C=O) groups is 1. The van der Waals surface area contributed by atoms with Gasteiger partial charge in [0.15, 0.2) is 5.01 Å². The summed E-state index contributed by atoms with van der Waals surface area (Å²) in [5.41, 5.74) is 0. The minimum atomic E-state index is -2.65. The number of nitrogens with zero attached hydrogens (tertiary/aromatic N) is 3. The Labute approximate surface area is 125 Å². The molecule has 21 heavy (non-hydrogen) atoms. The molecule has 1 aliphatic heterocycles. The highest BCUT2D eigenvalue weighted by atomic mass is 32.1. The van der Waals surface area contributed by atoms with Gasteiger partial charge in [-0.1, -0.05) is 25.2 Å². The van der Waals surface area contributed by atoms with Crippen molar-refractivity contribution in [2.75, 3.05) is 31.6 Å². The summed E-state index contributed by atoms with van der Waals surface area (Å²) >= 11 is 0.772. The number of nitrogens with one attached hydrogen (secondary N) is 1. The van der Waals surface area contributed by atoms with Gasteiger partial charge in [0, 0.05) is 13.1 Å². The van der Waals surface area contributed by atoms with Crippen LogP contribution in [0.4, 0.5) is 13.9 Å². The maximum absolute atomic E-state index is 12.5. The van der Waals surface area contributed by atoms with Crippen LogP contribution in [0.2, 0.25) is 0 Å². The van der Waals surface area contributed by atoms with Crippen LogP contribution in [0, 0.1) is 5.92 Å². The Hall–Kier alpha value is -1.35. The number of morpholine rings is 1. The lowest BCUT2D eigenvalue weighted by Crippen LogP contribution is -2.49. The SMILES string of the molecule is CC(C)[C@@H](Nc1nnc(C(F)F)s1)C(=O)N1CCOCC1. The summed E-state index contributed by atoms with van der Waals surface area (Å²) in [6.07, 6.45) is -2.65. The average Bonchev–Trinajstić information content (AvgIpc) is 2.93. The number of hydrogen-bond acceptors (Lipinski definition) is 6. The van der Waals surface area contributed by atoms with E-state index >= 15 is 0 Å². The molecule has 1 amide bonds. The van der Waals surface area contributed by atoms with Crippen molar-refractivity contribution in [2.45, 2.75) is 26.3 Å². The highest BCUT2D eigenvalue weighted by Crippen LogP contribution is 2.26. The summed E-state index contributed by atoms with van der Waals surface area (Å²) in [5, 5.41) is 9.90. The first-order chi connectivity index (χ1) is 9.99. The lowest BCUT2D eigenvalue weighted by Gasteiger charge is -2.32. The molecule has 1 atom stereocenters. The first-order valence-corrected chi connectivity index (χ1v) is 7.55. The van der Waals surface area contributed by atoms with Gasteiger partial charge in [0.05, 0.1) is 13.2 Å². The molecule has 118 valence electrons. The van der Waals surface area contributed by atoms with E-state index in [0.717, 1.165) is 11.3 Å². The van der Waals surface area contributed by atoms with Gasteiger partial charge in [0.25, 0.3) is 6.43 Å². The van der Waals surface area contributed by atoms with Crippen LogP contribution in [0.5, 0.6) is 0 Å². The predicted molar refractivity (Wildman–Crippen MR) is 74.5 cm³/mol. The topological polar surface area (TPSA) is 67.4 Å². The third-order valence-corrected chi connectivity index (χ3v) is 4.02. The molecule has 1 aromatic heterocycles. The molecular weight excluding hydrogens is 302 g/mol. The molecule has 0 aromatic carbocycles. The minimum Gasteiger partial charge on any atom is -0.378 e. The van der Waals surface area contributed by atoms with Crippen LogP contribution in [-0.2, 0) is 9.53 Å². The molecule has 1 fully saturated rings. The maximum atomic E-state index is 12.5.